The van der Waals surface area contributed by atoms with Gasteiger partial charge < -0.3 is 14.6 Å². The Hall–Kier alpha value is -2.57. The number of aromatic nitrogens is 1. The molecule has 1 fully saturated rings. The Morgan fingerprint density at radius 1 is 1.19 bits per heavy atom. The average molecular weight is 385 g/mol. The molecule has 1 aliphatic heterocycles. The largest absolute Gasteiger partial charge is 0.459 e. The fourth-order valence-corrected chi connectivity index (χ4v) is 3.52. The number of amides is 1. The third-order valence-electron chi connectivity index (χ3n) is 4.84. The Balaban J connectivity index is 1.28. The van der Waals surface area contributed by atoms with E-state index in [1.165, 1.54) is 6.26 Å². The van der Waals surface area contributed by atoms with Crippen molar-refractivity contribution in [3.05, 3.63) is 59.6 Å². The molecule has 1 aromatic carbocycles. The standard InChI is InChI=1S/C20H21ClN4O2/c21-15-3-4-16-17(5-6-22-18(16)14-15)23-7-8-24-9-11-25(12-10-24)20(26)19-2-1-13-27-19/h1-6,13-14H,7-12H2,(H,22,23). The van der Waals surface area contributed by atoms with Crippen LogP contribution in [0.2, 0.25) is 5.02 Å². The topological polar surface area (TPSA) is 61.6 Å². The van der Waals surface area contributed by atoms with Crippen molar-refractivity contribution in [3.63, 3.8) is 0 Å². The molecule has 6 nitrogen and oxygen atoms in total. The number of carbonyl (C=O) groups excluding carboxylic acids is 1. The molecule has 4 rings (SSSR count). The van der Waals surface area contributed by atoms with Gasteiger partial charge in [0.05, 0.1) is 11.8 Å². The van der Waals surface area contributed by atoms with Crippen molar-refractivity contribution in [2.24, 2.45) is 0 Å². The number of halogens is 1. The van der Waals surface area contributed by atoms with Crippen LogP contribution in [0.15, 0.2) is 53.3 Å². The van der Waals surface area contributed by atoms with E-state index in [0.29, 0.717) is 10.8 Å². The number of fused-ring (bicyclic) bond motifs is 1. The molecule has 0 bridgehead atoms. The number of anilines is 1. The maximum atomic E-state index is 12.3. The minimum absolute atomic E-state index is 0.0281. The van der Waals surface area contributed by atoms with Crippen LogP contribution in [-0.2, 0) is 0 Å². The van der Waals surface area contributed by atoms with Gasteiger partial charge in [0.2, 0.25) is 0 Å². The number of piperazine rings is 1. The zero-order valence-electron chi connectivity index (χ0n) is 14.9. The molecule has 1 amide bonds. The van der Waals surface area contributed by atoms with Crippen LogP contribution in [0, 0.1) is 0 Å². The first-order chi connectivity index (χ1) is 13.2. The van der Waals surface area contributed by atoms with Gasteiger partial charge in [-0.25, -0.2) is 0 Å². The first-order valence-corrected chi connectivity index (χ1v) is 9.42. The third kappa shape index (κ3) is 4.07. The third-order valence-corrected chi connectivity index (χ3v) is 5.07. The van der Waals surface area contributed by atoms with E-state index in [9.17, 15) is 4.79 Å². The number of pyridine rings is 1. The molecule has 0 saturated carbocycles. The van der Waals surface area contributed by atoms with Crippen molar-refractivity contribution in [3.8, 4) is 0 Å². The van der Waals surface area contributed by atoms with Gasteiger partial charge in [-0.2, -0.15) is 0 Å². The summed E-state index contributed by atoms with van der Waals surface area (Å²) in [5, 5.41) is 5.24. The van der Waals surface area contributed by atoms with Crippen molar-refractivity contribution < 1.29 is 9.21 Å². The van der Waals surface area contributed by atoms with E-state index in [1.807, 2.05) is 29.2 Å². The van der Waals surface area contributed by atoms with E-state index in [2.05, 4.69) is 15.2 Å². The predicted molar refractivity (Wildman–Crippen MR) is 106 cm³/mol. The highest BCUT2D eigenvalue weighted by Gasteiger charge is 2.23. The van der Waals surface area contributed by atoms with E-state index in [1.54, 1.807) is 18.3 Å². The fraction of sp³-hybridized carbons (Fsp3) is 0.300. The van der Waals surface area contributed by atoms with Crippen LogP contribution in [0.1, 0.15) is 10.6 Å². The summed E-state index contributed by atoms with van der Waals surface area (Å²) in [6, 6.07) is 11.2. The molecule has 3 heterocycles. The number of furan rings is 1. The molecule has 1 N–H and O–H groups in total. The highest BCUT2D eigenvalue weighted by Crippen LogP contribution is 2.24. The Labute approximate surface area is 162 Å². The number of carbonyl (C=O) groups is 1. The van der Waals surface area contributed by atoms with Gasteiger partial charge in [-0.1, -0.05) is 11.6 Å². The first-order valence-electron chi connectivity index (χ1n) is 9.04. The summed E-state index contributed by atoms with van der Waals surface area (Å²) >= 11 is 6.04. The van der Waals surface area contributed by atoms with Gasteiger partial charge in [0.15, 0.2) is 5.76 Å². The van der Waals surface area contributed by atoms with E-state index in [-0.39, 0.29) is 5.91 Å². The molecule has 0 radical (unpaired) electrons. The number of hydrogen-bond donors (Lipinski definition) is 1. The van der Waals surface area contributed by atoms with Crippen LogP contribution in [-0.4, -0.2) is 60.0 Å². The lowest BCUT2D eigenvalue weighted by molar-refractivity contribution is 0.0611. The second kappa shape index (κ2) is 7.98. The number of rotatable bonds is 5. The maximum Gasteiger partial charge on any atom is 0.289 e. The lowest BCUT2D eigenvalue weighted by atomic mass is 10.2. The Morgan fingerprint density at radius 2 is 2.04 bits per heavy atom. The quantitative estimate of drug-likeness (QED) is 0.731. The second-order valence-corrected chi connectivity index (χ2v) is 6.99. The lowest BCUT2D eigenvalue weighted by Gasteiger charge is -2.34. The van der Waals surface area contributed by atoms with Crippen molar-refractivity contribution in [2.45, 2.75) is 0 Å². The highest BCUT2D eigenvalue weighted by molar-refractivity contribution is 6.31. The zero-order chi connectivity index (χ0) is 18.6. The summed E-state index contributed by atoms with van der Waals surface area (Å²) in [5.41, 5.74) is 1.95. The molecule has 0 unspecified atom stereocenters. The van der Waals surface area contributed by atoms with Gasteiger partial charge >= 0.3 is 0 Å². The lowest BCUT2D eigenvalue weighted by Crippen LogP contribution is -2.49. The average Bonchev–Trinajstić information content (AvgIpc) is 3.23. The molecule has 2 aromatic heterocycles. The molecule has 27 heavy (non-hydrogen) atoms. The number of nitrogens with one attached hydrogen (secondary N) is 1. The SMILES string of the molecule is O=C(c1ccco1)N1CCN(CCNc2ccnc3cc(Cl)ccc23)CC1. The maximum absolute atomic E-state index is 12.3. The Morgan fingerprint density at radius 3 is 2.81 bits per heavy atom. The zero-order valence-corrected chi connectivity index (χ0v) is 15.7. The van der Waals surface area contributed by atoms with Crippen LogP contribution >= 0.6 is 11.6 Å². The van der Waals surface area contributed by atoms with Crippen LogP contribution in [0.3, 0.4) is 0 Å². The smallest absolute Gasteiger partial charge is 0.289 e. The van der Waals surface area contributed by atoms with Gasteiger partial charge in [-0.3, -0.25) is 14.7 Å². The summed E-state index contributed by atoms with van der Waals surface area (Å²) in [4.78, 5) is 20.9. The summed E-state index contributed by atoms with van der Waals surface area (Å²) in [6.07, 6.45) is 3.33. The molecule has 0 spiro atoms. The highest BCUT2D eigenvalue weighted by atomic mass is 35.5. The second-order valence-electron chi connectivity index (χ2n) is 6.56. The first kappa shape index (κ1) is 17.8. The molecule has 0 atom stereocenters. The van der Waals surface area contributed by atoms with E-state index in [0.717, 1.165) is 55.9 Å². The van der Waals surface area contributed by atoms with Crippen LogP contribution in [0.25, 0.3) is 10.9 Å². The summed E-state index contributed by atoms with van der Waals surface area (Å²) < 4.78 is 5.20. The monoisotopic (exact) mass is 384 g/mol. The van der Waals surface area contributed by atoms with Crippen molar-refractivity contribution in [2.75, 3.05) is 44.6 Å². The van der Waals surface area contributed by atoms with E-state index < -0.39 is 0 Å². The Kier molecular flexibility index (Phi) is 5.27. The molecular weight excluding hydrogens is 364 g/mol. The number of benzene rings is 1. The van der Waals surface area contributed by atoms with E-state index >= 15 is 0 Å². The van der Waals surface area contributed by atoms with E-state index in [4.69, 9.17) is 16.0 Å². The van der Waals surface area contributed by atoms with Crippen molar-refractivity contribution in [1.29, 1.82) is 0 Å². The minimum Gasteiger partial charge on any atom is -0.459 e. The normalized spacial score (nSPS) is 15.2. The summed E-state index contributed by atoms with van der Waals surface area (Å²) in [7, 11) is 0. The van der Waals surface area contributed by atoms with Gasteiger partial charge in [0.1, 0.15) is 0 Å². The Bertz CT molecular complexity index is 921. The summed E-state index contributed by atoms with van der Waals surface area (Å²) in [5.74, 6) is 0.384. The van der Waals surface area contributed by atoms with Crippen LogP contribution < -0.4 is 5.32 Å². The van der Waals surface area contributed by atoms with Gasteiger partial charge in [0, 0.05) is 61.6 Å². The minimum atomic E-state index is -0.0281. The van der Waals surface area contributed by atoms with Crippen LogP contribution in [0.5, 0.6) is 0 Å². The molecule has 140 valence electrons. The molecule has 1 aliphatic rings. The molecule has 3 aromatic rings. The molecule has 0 aliphatic carbocycles. The fourth-order valence-electron chi connectivity index (χ4n) is 3.35. The molecular formula is C20H21ClN4O2. The number of nitrogens with zero attached hydrogens (tertiary/aromatic N) is 3. The summed E-state index contributed by atoms with van der Waals surface area (Å²) in [6.45, 7) is 4.90. The molecule has 1 saturated heterocycles. The molecule has 7 heteroatoms. The van der Waals surface area contributed by atoms with Gasteiger partial charge in [-0.15, -0.1) is 0 Å². The van der Waals surface area contributed by atoms with Gasteiger partial charge in [-0.05, 0) is 36.4 Å². The van der Waals surface area contributed by atoms with Crippen molar-refractivity contribution in [1.82, 2.24) is 14.8 Å². The number of hydrogen-bond acceptors (Lipinski definition) is 5. The van der Waals surface area contributed by atoms with Gasteiger partial charge in [0.25, 0.3) is 5.91 Å². The van der Waals surface area contributed by atoms with Crippen LogP contribution in [0.4, 0.5) is 5.69 Å². The van der Waals surface area contributed by atoms with Crippen molar-refractivity contribution >= 4 is 34.1 Å². The predicted octanol–water partition coefficient (Wildman–Crippen LogP) is 3.35.